The Kier molecular flexibility index (Phi) is 4.05. The molecular weight excluding hydrogens is 218 g/mol. The summed E-state index contributed by atoms with van der Waals surface area (Å²) in [7, 11) is 1.74. The zero-order valence-corrected chi connectivity index (χ0v) is 10.7. The summed E-state index contributed by atoms with van der Waals surface area (Å²) < 4.78 is 5.35. The maximum Gasteiger partial charge on any atom is 0.324 e. The van der Waals surface area contributed by atoms with Crippen molar-refractivity contribution in [1.82, 2.24) is 4.90 Å². The van der Waals surface area contributed by atoms with E-state index in [0.29, 0.717) is 6.10 Å². The Labute approximate surface area is 103 Å². The van der Waals surface area contributed by atoms with Gasteiger partial charge in [-0.1, -0.05) is 19.3 Å². The molecule has 0 atom stereocenters. The lowest BCUT2D eigenvalue weighted by Crippen LogP contribution is -2.58. The SMILES string of the molecule is COC1CCN(C2(C(=O)O)CCCCC2)CC1. The molecule has 1 saturated heterocycles. The maximum atomic E-state index is 11.7. The summed E-state index contributed by atoms with van der Waals surface area (Å²) in [5, 5.41) is 9.59. The van der Waals surface area contributed by atoms with Crippen LogP contribution in [0.5, 0.6) is 0 Å². The van der Waals surface area contributed by atoms with E-state index < -0.39 is 11.5 Å². The highest BCUT2D eigenvalue weighted by atomic mass is 16.5. The Morgan fingerprint density at radius 1 is 1.24 bits per heavy atom. The standard InChI is InChI=1S/C13H23NO3/c1-17-11-5-9-14(10-6-11)13(12(15)16)7-3-2-4-8-13/h11H,2-10H2,1H3,(H,15,16). The molecule has 98 valence electrons. The number of carbonyl (C=O) groups is 1. The van der Waals surface area contributed by atoms with Crippen molar-refractivity contribution < 1.29 is 14.6 Å². The summed E-state index contributed by atoms with van der Waals surface area (Å²) in [5.74, 6) is -0.618. The first-order chi connectivity index (χ1) is 8.19. The van der Waals surface area contributed by atoms with Gasteiger partial charge in [0, 0.05) is 20.2 Å². The van der Waals surface area contributed by atoms with Gasteiger partial charge in [-0.15, -0.1) is 0 Å². The van der Waals surface area contributed by atoms with Crippen molar-refractivity contribution in [3.05, 3.63) is 0 Å². The van der Waals surface area contributed by atoms with Crippen molar-refractivity contribution >= 4 is 5.97 Å². The summed E-state index contributed by atoms with van der Waals surface area (Å²) in [5.41, 5.74) is -0.572. The predicted octanol–water partition coefficient (Wildman–Crippen LogP) is 1.88. The van der Waals surface area contributed by atoms with Gasteiger partial charge in [-0.2, -0.15) is 0 Å². The lowest BCUT2D eigenvalue weighted by Gasteiger charge is -2.46. The van der Waals surface area contributed by atoms with Crippen LogP contribution in [-0.2, 0) is 9.53 Å². The molecule has 0 bridgehead atoms. The van der Waals surface area contributed by atoms with Crippen LogP contribution in [0.15, 0.2) is 0 Å². The minimum atomic E-state index is -0.618. The molecule has 1 aliphatic heterocycles. The topological polar surface area (TPSA) is 49.8 Å². The molecule has 0 amide bonds. The van der Waals surface area contributed by atoms with Crippen molar-refractivity contribution in [3.8, 4) is 0 Å². The number of carboxylic acids is 1. The molecule has 0 aromatic heterocycles. The normalized spacial score (nSPS) is 26.9. The average Bonchev–Trinajstić information content (AvgIpc) is 2.39. The molecule has 17 heavy (non-hydrogen) atoms. The second kappa shape index (κ2) is 5.36. The van der Waals surface area contributed by atoms with Crippen LogP contribution in [-0.4, -0.2) is 47.8 Å². The number of hydrogen-bond acceptors (Lipinski definition) is 3. The van der Waals surface area contributed by atoms with E-state index in [2.05, 4.69) is 4.90 Å². The van der Waals surface area contributed by atoms with E-state index in [1.54, 1.807) is 7.11 Å². The first-order valence-corrected chi connectivity index (χ1v) is 6.70. The summed E-state index contributed by atoms with van der Waals surface area (Å²) in [4.78, 5) is 13.9. The number of nitrogens with zero attached hydrogens (tertiary/aromatic N) is 1. The smallest absolute Gasteiger partial charge is 0.324 e. The molecular formula is C13H23NO3. The van der Waals surface area contributed by atoms with E-state index in [0.717, 1.165) is 51.6 Å². The third kappa shape index (κ3) is 2.47. The quantitative estimate of drug-likeness (QED) is 0.819. The second-order valence-electron chi connectivity index (χ2n) is 5.32. The van der Waals surface area contributed by atoms with Crippen molar-refractivity contribution in [2.75, 3.05) is 20.2 Å². The van der Waals surface area contributed by atoms with Gasteiger partial charge in [-0.05, 0) is 25.7 Å². The third-order valence-electron chi connectivity index (χ3n) is 4.46. The summed E-state index contributed by atoms with van der Waals surface area (Å²) in [6.45, 7) is 1.73. The number of likely N-dealkylation sites (tertiary alicyclic amines) is 1. The van der Waals surface area contributed by atoms with E-state index in [-0.39, 0.29) is 0 Å². The highest BCUT2D eigenvalue weighted by molar-refractivity contribution is 5.79. The minimum Gasteiger partial charge on any atom is -0.480 e. The van der Waals surface area contributed by atoms with Gasteiger partial charge in [0.2, 0.25) is 0 Å². The van der Waals surface area contributed by atoms with Crippen LogP contribution in [0.1, 0.15) is 44.9 Å². The van der Waals surface area contributed by atoms with Crippen molar-refractivity contribution in [2.45, 2.75) is 56.6 Å². The Morgan fingerprint density at radius 2 is 1.82 bits per heavy atom. The monoisotopic (exact) mass is 241 g/mol. The summed E-state index contributed by atoms with van der Waals surface area (Å²) in [6, 6.07) is 0. The van der Waals surface area contributed by atoms with Gasteiger partial charge in [0.05, 0.1) is 6.10 Å². The molecule has 4 nitrogen and oxygen atoms in total. The molecule has 4 heteroatoms. The largest absolute Gasteiger partial charge is 0.480 e. The fourth-order valence-corrected chi connectivity index (χ4v) is 3.32. The van der Waals surface area contributed by atoms with Gasteiger partial charge in [0.1, 0.15) is 5.54 Å². The first-order valence-electron chi connectivity index (χ1n) is 6.70. The van der Waals surface area contributed by atoms with Gasteiger partial charge in [-0.25, -0.2) is 0 Å². The Balaban J connectivity index is 2.04. The molecule has 1 saturated carbocycles. The molecule has 0 radical (unpaired) electrons. The Bertz CT molecular complexity index is 266. The third-order valence-corrected chi connectivity index (χ3v) is 4.46. The van der Waals surface area contributed by atoms with Gasteiger partial charge in [-0.3, -0.25) is 9.69 Å². The van der Waals surface area contributed by atoms with Crippen LogP contribution in [0.4, 0.5) is 0 Å². The highest BCUT2D eigenvalue weighted by Crippen LogP contribution is 2.36. The molecule has 0 aromatic rings. The molecule has 1 aliphatic carbocycles. The number of carboxylic acid groups (broad SMARTS) is 1. The van der Waals surface area contributed by atoms with Crippen LogP contribution >= 0.6 is 0 Å². The highest BCUT2D eigenvalue weighted by Gasteiger charge is 2.45. The number of methoxy groups -OCH3 is 1. The Hall–Kier alpha value is -0.610. The molecule has 0 aromatic carbocycles. The van der Waals surface area contributed by atoms with E-state index in [9.17, 15) is 9.90 Å². The lowest BCUT2D eigenvalue weighted by atomic mass is 9.79. The van der Waals surface area contributed by atoms with Crippen molar-refractivity contribution in [1.29, 1.82) is 0 Å². The molecule has 2 aliphatic rings. The van der Waals surface area contributed by atoms with Crippen molar-refractivity contribution in [3.63, 3.8) is 0 Å². The van der Waals surface area contributed by atoms with E-state index >= 15 is 0 Å². The number of ether oxygens (including phenoxy) is 1. The number of aliphatic carboxylic acids is 1. The minimum absolute atomic E-state index is 0.320. The number of hydrogen-bond donors (Lipinski definition) is 1. The van der Waals surface area contributed by atoms with E-state index in [4.69, 9.17) is 4.74 Å². The van der Waals surface area contributed by atoms with E-state index in [1.165, 1.54) is 6.42 Å². The van der Waals surface area contributed by atoms with Crippen LogP contribution in [0.25, 0.3) is 0 Å². The molecule has 2 rings (SSSR count). The molecule has 0 spiro atoms. The number of rotatable bonds is 3. The van der Waals surface area contributed by atoms with Crippen LogP contribution in [0.2, 0.25) is 0 Å². The molecule has 1 heterocycles. The predicted molar refractivity (Wildman–Crippen MR) is 65.1 cm³/mol. The zero-order valence-electron chi connectivity index (χ0n) is 10.7. The van der Waals surface area contributed by atoms with Gasteiger partial charge in [0.25, 0.3) is 0 Å². The van der Waals surface area contributed by atoms with E-state index in [1.807, 2.05) is 0 Å². The first kappa shape index (κ1) is 12.8. The Morgan fingerprint density at radius 3 is 2.29 bits per heavy atom. The van der Waals surface area contributed by atoms with Gasteiger partial charge < -0.3 is 9.84 Å². The van der Waals surface area contributed by atoms with Crippen LogP contribution < -0.4 is 0 Å². The lowest BCUT2D eigenvalue weighted by molar-refractivity contribution is -0.156. The fraction of sp³-hybridized carbons (Fsp3) is 0.923. The molecule has 1 N–H and O–H groups in total. The van der Waals surface area contributed by atoms with Crippen molar-refractivity contribution in [2.24, 2.45) is 0 Å². The molecule has 2 fully saturated rings. The molecule has 0 unspecified atom stereocenters. The second-order valence-corrected chi connectivity index (χ2v) is 5.32. The average molecular weight is 241 g/mol. The maximum absolute atomic E-state index is 11.7. The van der Waals surface area contributed by atoms with Gasteiger partial charge >= 0.3 is 5.97 Å². The summed E-state index contributed by atoms with van der Waals surface area (Å²) in [6.07, 6.45) is 7.17. The van der Waals surface area contributed by atoms with Crippen LogP contribution in [0, 0.1) is 0 Å². The fourth-order valence-electron chi connectivity index (χ4n) is 3.32. The van der Waals surface area contributed by atoms with Crippen LogP contribution in [0.3, 0.4) is 0 Å². The number of piperidine rings is 1. The zero-order chi connectivity index (χ0) is 12.3. The summed E-state index contributed by atoms with van der Waals surface area (Å²) >= 11 is 0. The van der Waals surface area contributed by atoms with Gasteiger partial charge in [0.15, 0.2) is 0 Å².